The third kappa shape index (κ3) is 2.15. The van der Waals surface area contributed by atoms with Crippen molar-refractivity contribution in [2.24, 2.45) is 17.3 Å². The molecule has 1 N–H and O–H groups in total. The summed E-state index contributed by atoms with van der Waals surface area (Å²) in [7, 11) is 0.921. The van der Waals surface area contributed by atoms with Crippen molar-refractivity contribution in [2.45, 2.75) is 20.0 Å². The maximum Gasteiger partial charge on any atom is 0.448 e. The van der Waals surface area contributed by atoms with Gasteiger partial charge in [-0.15, -0.1) is 0 Å². The monoisotopic (exact) mass is 238 g/mol. The number of hydrogen-bond donors (Lipinski definition) is 1. The lowest BCUT2D eigenvalue weighted by Gasteiger charge is -2.10. The molecule has 0 radical (unpaired) electrons. The van der Waals surface area contributed by atoms with Crippen LogP contribution in [0.3, 0.4) is 0 Å². The average Bonchev–Trinajstić information content (AvgIpc) is 2.61. The van der Waals surface area contributed by atoms with Gasteiger partial charge in [0.2, 0.25) is 0 Å². The van der Waals surface area contributed by atoms with Crippen LogP contribution in [0.15, 0.2) is 11.8 Å². The SMILES string of the molecule is COC(=CC1C(C(=O)O)C1(C)C)C(F)(F)F. The number of ether oxygens (including phenoxy) is 1. The quantitative estimate of drug-likeness (QED) is 0.768. The number of carboxylic acid groups (broad SMARTS) is 1. The molecular formula is C10H13F3O3. The van der Waals surface area contributed by atoms with Crippen LogP contribution in [0.4, 0.5) is 13.2 Å². The van der Waals surface area contributed by atoms with E-state index in [-0.39, 0.29) is 0 Å². The molecule has 0 aliphatic heterocycles. The second-order valence-electron chi connectivity index (χ2n) is 4.40. The molecule has 1 fully saturated rings. The lowest BCUT2D eigenvalue weighted by atomic mass is 10.1. The fourth-order valence-corrected chi connectivity index (χ4v) is 1.90. The normalized spacial score (nSPS) is 28.8. The van der Waals surface area contributed by atoms with E-state index in [1.165, 1.54) is 0 Å². The summed E-state index contributed by atoms with van der Waals surface area (Å²) in [6.07, 6.45) is -3.71. The smallest absolute Gasteiger partial charge is 0.448 e. The molecule has 0 spiro atoms. The fourth-order valence-electron chi connectivity index (χ4n) is 1.90. The molecule has 1 saturated carbocycles. The summed E-state index contributed by atoms with van der Waals surface area (Å²) in [6.45, 7) is 3.24. The Labute approximate surface area is 90.9 Å². The highest BCUT2D eigenvalue weighted by atomic mass is 19.4. The predicted octanol–water partition coefficient (Wildman–Crippen LogP) is 2.44. The molecule has 1 rings (SSSR count). The minimum Gasteiger partial charge on any atom is -0.492 e. The van der Waals surface area contributed by atoms with Crippen LogP contribution < -0.4 is 0 Å². The first kappa shape index (κ1) is 12.9. The second-order valence-corrected chi connectivity index (χ2v) is 4.40. The number of methoxy groups -OCH3 is 1. The Bertz CT molecular complexity index is 331. The van der Waals surface area contributed by atoms with E-state index in [0.29, 0.717) is 0 Å². The molecule has 1 aliphatic carbocycles. The number of alkyl halides is 3. The van der Waals surface area contributed by atoms with Crippen molar-refractivity contribution in [3.8, 4) is 0 Å². The highest BCUT2D eigenvalue weighted by molar-refractivity contribution is 5.76. The second kappa shape index (κ2) is 3.68. The molecule has 6 heteroatoms. The molecule has 0 saturated heterocycles. The van der Waals surface area contributed by atoms with Crippen molar-refractivity contribution in [3.63, 3.8) is 0 Å². The van der Waals surface area contributed by atoms with Gasteiger partial charge >= 0.3 is 12.1 Å². The van der Waals surface area contributed by atoms with Gasteiger partial charge in [-0.25, -0.2) is 0 Å². The molecule has 0 bridgehead atoms. The first-order chi connectivity index (χ1) is 7.12. The summed E-state index contributed by atoms with van der Waals surface area (Å²) in [5.74, 6) is -3.63. The Kier molecular flexibility index (Phi) is 2.96. The maximum atomic E-state index is 12.3. The first-order valence-electron chi connectivity index (χ1n) is 4.68. The molecule has 2 unspecified atom stereocenters. The summed E-state index contributed by atoms with van der Waals surface area (Å²) in [5.41, 5.74) is -0.652. The third-order valence-electron chi connectivity index (χ3n) is 3.01. The molecule has 0 aromatic rings. The van der Waals surface area contributed by atoms with Crippen LogP contribution in [0, 0.1) is 17.3 Å². The van der Waals surface area contributed by atoms with Gasteiger partial charge < -0.3 is 9.84 Å². The van der Waals surface area contributed by atoms with Crippen molar-refractivity contribution in [1.82, 2.24) is 0 Å². The molecule has 2 atom stereocenters. The molecule has 1 aliphatic rings. The van der Waals surface area contributed by atoms with Gasteiger partial charge in [0, 0.05) is 5.92 Å². The van der Waals surface area contributed by atoms with Crippen molar-refractivity contribution < 1.29 is 27.8 Å². The van der Waals surface area contributed by atoms with Gasteiger partial charge in [0.25, 0.3) is 0 Å². The Balaban J connectivity index is 2.90. The van der Waals surface area contributed by atoms with Crippen molar-refractivity contribution in [1.29, 1.82) is 0 Å². The highest BCUT2D eigenvalue weighted by Crippen LogP contribution is 2.59. The van der Waals surface area contributed by atoms with E-state index in [9.17, 15) is 18.0 Å². The molecule has 92 valence electrons. The number of rotatable bonds is 3. The van der Waals surface area contributed by atoms with E-state index in [1.54, 1.807) is 13.8 Å². The van der Waals surface area contributed by atoms with Crippen LogP contribution in [-0.4, -0.2) is 24.4 Å². The van der Waals surface area contributed by atoms with Crippen LogP contribution in [0.5, 0.6) is 0 Å². The third-order valence-corrected chi connectivity index (χ3v) is 3.01. The Morgan fingerprint density at radius 1 is 1.44 bits per heavy atom. The molecular weight excluding hydrogens is 225 g/mol. The summed E-state index contributed by atoms with van der Waals surface area (Å²) in [4.78, 5) is 10.8. The number of carboxylic acids is 1. The van der Waals surface area contributed by atoms with E-state index in [1.807, 2.05) is 0 Å². The van der Waals surface area contributed by atoms with E-state index < -0.39 is 35.2 Å². The summed E-state index contributed by atoms with van der Waals surface area (Å²) in [6, 6.07) is 0. The fraction of sp³-hybridized carbons (Fsp3) is 0.700. The van der Waals surface area contributed by atoms with E-state index in [2.05, 4.69) is 4.74 Å². The lowest BCUT2D eigenvalue weighted by Crippen LogP contribution is -2.14. The largest absolute Gasteiger partial charge is 0.492 e. The predicted molar refractivity (Wildman–Crippen MR) is 49.5 cm³/mol. The topological polar surface area (TPSA) is 46.5 Å². The lowest BCUT2D eigenvalue weighted by molar-refractivity contribution is -0.139. The summed E-state index contributed by atoms with van der Waals surface area (Å²) in [5, 5.41) is 8.80. The average molecular weight is 238 g/mol. The minimum atomic E-state index is -4.57. The zero-order chi connectivity index (χ0) is 12.7. The van der Waals surface area contributed by atoms with Crippen molar-refractivity contribution in [2.75, 3.05) is 7.11 Å². The van der Waals surface area contributed by atoms with E-state index >= 15 is 0 Å². The molecule has 0 amide bonds. The standard InChI is InChI=1S/C10H13F3O3/c1-9(2)5(7(9)8(14)15)4-6(16-3)10(11,12)13/h4-5,7H,1-3H3,(H,14,15). The van der Waals surface area contributed by atoms with Crippen molar-refractivity contribution >= 4 is 5.97 Å². The van der Waals surface area contributed by atoms with Crippen LogP contribution in [-0.2, 0) is 9.53 Å². The van der Waals surface area contributed by atoms with Crippen LogP contribution in [0.1, 0.15) is 13.8 Å². The zero-order valence-electron chi connectivity index (χ0n) is 9.13. The van der Waals surface area contributed by atoms with Gasteiger partial charge in [-0.2, -0.15) is 13.2 Å². The van der Waals surface area contributed by atoms with Gasteiger partial charge in [0.1, 0.15) is 0 Å². The van der Waals surface area contributed by atoms with Gasteiger partial charge in [-0.05, 0) is 11.5 Å². The number of halogens is 3. The van der Waals surface area contributed by atoms with Crippen LogP contribution in [0.2, 0.25) is 0 Å². The van der Waals surface area contributed by atoms with Gasteiger partial charge in [0.15, 0.2) is 5.76 Å². The summed E-state index contributed by atoms with van der Waals surface area (Å²) >= 11 is 0. The Morgan fingerprint density at radius 3 is 2.19 bits per heavy atom. The number of hydrogen-bond acceptors (Lipinski definition) is 2. The Morgan fingerprint density at radius 2 is 1.94 bits per heavy atom. The van der Waals surface area contributed by atoms with Gasteiger partial charge in [-0.3, -0.25) is 4.79 Å². The molecule has 0 aromatic carbocycles. The van der Waals surface area contributed by atoms with Gasteiger partial charge in [0.05, 0.1) is 13.0 Å². The van der Waals surface area contributed by atoms with E-state index in [0.717, 1.165) is 13.2 Å². The van der Waals surface area contributed by atoms with E-state index in [4.69, 9.17) is 5.11 Å². The van der Waals surface area contributed by atoms with Crippen LogP contribution >= 0.6 is 0 Å². The zero-order valence-corrected chi connectivity index (χ0v) is 9.13. The minimum absolute atomic E-state index is 0.637. The number of carbonyl (C=O) groups is 1. The number of aliphatic carboxylic acids is 1. The van der Waals surface area contributed by atoms with Crippen LogP contribution in [0.25, 0.3) is 0 Å². The molecule has 0 aromatic heterocycles. The molecule has 0 heterocycles. The highest BCUT2D eigenvalue weighted by Gasteiger charge is 2.61. The molecule has 3 nitrogen and oxygen atoms in total. The maximum absolute atomic E-state index is 12.3. The molecule has 16 heavy (non-hydrogen) atoms. The van der Waals surface area contributed by atoms with Gasteiger partial charge in [-0.1, -0.05) is 13.8 Å². The summed E-state index contributed by atoms with van der Waals surface area (Å²) < 4.78 is 41.3. The first-order valence-corrected chi connectivity index (χ1v) is 4.68. The Hall–Kier alpha value is -1.20. The van der Waals surface area contributed by atoms with Crippen molar-refractivity contribution in [3.05, 3.63) is 11.8 Å². The number of allylic oxidation sites excluding steroid dienone is 2.